The summed E-state index contributed by atoms with van der Waals surface area (Å²) in [7, 11) is 0. The van der Waals surface area contributed by atoms with E-state index in [0.29, 0.717) is 12.8 Å². The Morgan fingerprint density at radius 2 is 0.781 bits per heavy atom. The summed E-state index contributed by atoms with van der Waals surface area (Å²) in [6.45, 7) is 2.85. The minimum atomic E-state index is -1.78. The summed E-state index contributed by atoms with van der Waals surface area (Å²) < 4.78 is 22.7. The van der Waals surface area contributed by atoms with E-state index in [2.05, 4.69) is 19.2 Å². The Kier molecular flexibility index (Phi) is 42.9. The quantitative estimate of drug-likeness (QED) is 0.0259. The van der Waals surface area contributed by atoms with E-state index in [4.69, 9.17) is 18.9 Å². The fourth-order valence-corrected chi connectivity index (χ4v) is 10.6. The predicted octanol–water partition coefficient (Wildman–Crippen LogP) is 10.5. The highest BCUT2D eigenvalue weighted by atomic mass is 16.7. The molecule has 2 fully saturated rings. The van der Waals surface area contributed by atoms with Gasteiger partial charge in [-0.1, -0.05) is 258 Å². The Hall–Kier alpha value is -1.01. The summed E-state index contributed by atoms with van der Waals surface area (Å²) in [5.41, 5.74) is 0. The summed E-state index contributed by atoms with van der Waals surface area (Å²) in [4.78, 5) is 13.2. The SMILES string of the molecule is CCCCCCCCCCCCCCCCCCCCCCCCCCCCCCCCCC(=O)NC(COC1OC(CO)C(OC2OC(CO)C(O)C(O)C2O)C(O)C1O)C(O)CCCCCCCCCC. The van der Waals surface area contributed by atoms with Gasteiger partial charge in [-0.15, -0.1) is 0 Å². The zero-order valence-corrected chi connectivity index (χ0v) is 46.7. The van der Waals surface area contributed by atoms with Gasteiger partial charge in [-0.3, -0.25) is 4.79 Å². The Balaban J connectivity index is 1.57. The van der Waals surface area contributed by atoms with Gasteiger partial charge in [-0.05, 0) is 12.8 Å². The van der Waals surface area contributed by atoms with Crippen molar-refractivity contribution in [2.24, 2.45) is 0 Å². The first kappa shape index (κ1) is 68.1. The number of nitrogens with one attached hydrogen (secondary N) is 1. The first-order valence-electron chi connectivity index (χ1n) is 30.8. The molecule has 0 aromatic carbocycles. The van der Waals surface area contributed by atoms with Gasteiger partial charge in [0, 0.05) is 6.42 Å². The molecule has 2 rings (SSSR count). The van der Waals surface area contributed by atoms with E-state index < -0.39 is 86.8 Å². The number of rotatable bonds is 50. The number of hydrogen-bond donors (Lipinski definition) is 9. The molecule has 12 atom stereocenters. The summed E-state index contributed by atoms with van der Waals surface area (Å²) in [6.07, 6.45) is 34.5. The molecular formula is C59H115NO13. The van der Waals surface area contributed by atoms with Crippen LogP contribution in [0.3, 0.4) is 0 Å². The first-order valence-corrected chi connectivity index (χ1v) is 30.8. The number of carbonyl (C=O) groups excluding carboxylic acids is 1. The lowest BCUT2D eigenvalue weighted by molar-refractivity contribution is -0.359. The lowest BCUT2D eigenvalue weighted by Crippen LogP contribution is -2.65. The summed E-state index contributed by atoms with van der Waals surface area (Å²) in [5, 5.41) is 86.9. The second-order valence-electron chi connectivity index (χ2n) is 22.2. The highest BCUT2D eigenvalue weighted by molar-refractivity contribution is 5.76. The fraction of sp³-hybridized carbons (Fsp3) is 0.983. The molecule has 0 aromatic heterocycles. The molecule has 0 spiro atoms. The maximum absolute atomic E-state index is 13.2. The molecule has 0 aromatic rings. The van der Waals surface area contributed by atoms with Crippen molar-refractivity contribution in [1.82, 2.24) is 5.32 Å². The molecule has 2 heterocycles. The van der Waals surface area contributed by atoms with E-state index in [1.165, 1.54) is 199 Å². The van der Waals surface area contributed by atoms with Gasteiger partial charge in [-0.25, -0.2) is 0 Å². The Labute approximate surface area is 444 Å². The van der Waals surface area contributed by atoms with Gasteiger partial charge >= 0.3 is 0 Å². The van der Waals surface area contributed by atoms with Gasteiger partial charge in [0.25, 0.3) is 0 Å². The van der Waals surface area contributed by atoms with E-state index in [1.807, 2.05) is 0 Å². The van der Waals surface area contributed by atoms with E-state index in [9.17, 15) is 45.6 Å². The van der Waals surface area contributed by atoms with Gasteiger partial charge in [0.1, 0.15) is 48.8 Å². The lowest BCUT2D eigenvalue weighted by Gasteiger charge is -2.46. The van der Waals surface area contributed by atoms with Crippen LogP contribution in [0, 0.1) is 0 Å². The van der Waals surface area contributed by atoms with Crippen LogP contribution in [0.4, 0.5) is 0 Å². The number of ether oxygens (including phenoxy) is 4. The molecule has 12 unspecified atom stereocenters. The Morgan fingerprint density at radius 1 is 0.438 bits per heavy atom. The molecule has 73 heavy (non-hydrogen) atoms. The van der Waals surface area contributed by atoms with E-state index >= 15 is 0 Å². The number of hydrogen-bond acceptors (Lipinski definition) is 13. The highest BCUT2D eigenvalue weighted by Crippen LogP contribution is 2.30. The smallest absolute Gasteiger partial charge is 0.220 e. The largest absolute Gasteiger partial charge is 0.394 e. The average Bonchev–Trinajstić information content (AvgIpc) is 3.39. The third-order valence-corrected chi connectivity index (χ3v) is 15.6. The van der Waals surface area contributed by atoms with E-state index in [1.54, 1.807) is 0 Å². The van der Waals surface area contributed by atoms with Gasteiger partial charge in [-0.2, -0.15) is 0 Å². The van der Waals surface area contributed by atoms with Crippen molar-refractivity contribution in [2.45, 2.75) is 351 Å². The number of aliphatic hydroxyl groups excluding tert-OH is 8. The molecule has 2 aliphatic heterocycles. The average molecular weight is 1050 g/mol. The van der Waals surface area contributed by atoms with Crippen molar-refractivity contribution in [3.05, 3.63) is 0 Å². The maximum atomic E-state index is 13.2. The second-order valence-corrected chi connectivity index (χ2v) is 22.2. The monoisotopic (exact) mass is 1050 g/mol. The van der Waals surface area contributed by atoms with Crippen molar-refractivity contribution >= 4 is 5.91 Å². The Bertz CT molecular complexity index is 1230. The molecule has 0 bridgehead atoms. The maximum Gasteiger partial charge on any atom is 0.220 e. The minimum Gasteiger partial charge on any atom is -0.394 e. The lowest BCUT2D eigenvalue weighted by atomic mass is 9.97. The van der Waals surface area contributed by atoms with Gasteiger partial charge in [0.15, 0.2) is 12.6 Å². The van der Waals surface area contributed by atoms with Crippen molar-refractivity contribution in [1.29, 1.82) is 0 Å². The molecule has 1 amide bonds. The summed E-state index contributed by atoms with van der Waals surface area (Å²) in [5.74, 6) is -0.203. The zero-order chi connectivity index (χ0) is 53.2. The molecular weight excluding hydrogens is 931 g/mol. The number of unbranched alkanes of at least 4 members (excludes halogenated alkanes) is 37. The van der Waals surface area contributed by atoms with Crippen LogP contribution < -0.4 is 5.32 Å². The molecule has 0 saturated carbocycles. The van der Waals surface area contributed by atoms with Crippen LogP contribution in [0.15, 0.2) is 0 Å². The number of carbonyl (C=O) groups is 1. The highest BCUT2D eigenvalue weighted by Gasteiger charge is 2.51. The first-order chi connectivity index (χ1) is 35.6. The molecule has 0 aliphatic carbocycles. The molecule has 2 aliphatic rings. The molecule has 0 radical (unpaired) electrons. The van der Waals surface area contributed by atoms with E-state index in [-0.39, 0.29) is 12.5 Å². The topological polar surface area (TPSA) is 228 Å². The fourth-order valence-electron chi connectivity index (χ4n) is 10.6. The Morgan fingerprint density at radius 3 is 1.16 bits per heavy atom. The third kappa shape index (κ3) is 31.9. The van der Waals surface area contributed by atoms with Crippen LogP contribution in [0.2, 0.25) is 0 Å². The van der Waals surface area contributed by atoms with Crippen LogP contribution in [0.25, 0.3) is 0 Å². The molecule has 14 heteroatoms. The minimum absolute atomic E-state index is 0.203. The van der Waals surface area contributed by atoms with Gasteiger partial charge in [0.05, 0.1) is 32.0 Å². The van der Waals surface area contributed by atoms with Gasteiger partial charge < -0.3 is 65.1 Å². The summed E-state index contributed by atoms with van der Waals surface area (Å²) >= 11 is 0. The second kappa shape index (κ2) is 46.0. The van der Waals surface area contributed by atoms with Crippen molar-refractivity contribution < 1.29 is 64.6 Å². The molecule has 434 valence electrons. The molecule has 2 saturated heterocycles. The number of amides is 1. The standard InChI is InChI=1S/C59H115NO13/c1-3-5-7-9-11-13-14-15-16-17-18-19-20-21-22-23-24-25-26-27-28-29-30-31-32-33-34-35-37-39-41-43-51(64)60-47(48(63)42-40-38-36-12-10-8-6-4-2)46-70-58-56(69)54(67)57(50(45-62)72-58)73-59-55(68)53(66)52(65)49(44-61)71-59/h47-50,52-59,61-63,65-69H,3-46H2,1-2H3,(H,60,64). The van der Waals surface area contributed by atoms with Crippen LogP contribution in [-0.4, -0.2) is 140 Å². The van der Waals surface area contributed by atoms with Crippen LogP contribution in [0.1, 0.15) is 277 Å². The third-order valence-electron chi connectivity index (χ3n) is 15.6. The number of aliphatic hydroxyl groups is 8. The van der Waals surface area contributed by atoms with Gasteiger partial charge in [0.2, 0.25) is 5.91 Å². The normalized spacial score (nSPS) is 25.3. The van der Waals surface area contributed by atoms with Crippen LogP contribution in [-0.2, 0) is 23.7 Å². The van der Waals surface area contributed by atoms with Crippen molar-refractivity contribution in [2.75, 3.05) is 19.8 Å². The van der Waals surface area contributed by atoms with E-state index in [0.717, 1.165) is 51.4 Å². The van der Waals surface area contributed by atoms with Crippen LogP contribution in [0.5, 0.6) is 0 Å². The zero-order valence-electron chi connectivity index (χ0n) is 46.7. The van der Waals surface area contributed by atoms with Crippen molar-refractivity contribution in [3.63, 3.8) is 0 Å². The van der Waals surface area contributed by atoms with Crippen LogP contribution >= 0.6 is 0 Å². The molecule has 9 N–H and O–H groups in total. The van der Waals surface area contributed by atoms with Crippen molar-refractivity contribution in [3.8, 4) is 0 Å². The predicted molar refractivity (Wildman–Crippen MR) is 291 cm³/mol. The molecule has 14 nitrogen and oxygen atoms in total. The summed E-state index contributed by atoms with van der Waals surface area (Å²) in [6, 6.07) is -0.820.